The molecule has 4 aromatic carbocycles. The molecule has 0 aliphatic rings. The van der Waals surface area contributed by atoms with E-state index in [9.17, 15) is 19.5 Å². The number of carbonyl (C=O) groups is 3. The molecule has 1 aromatic heterocycles. The van der Waals surface area contributed by atoms with Gasteiger partial charge in [0.2, 0.25) is 0 Å². The monoisotopic (exact) mass is 498 g/mol. The summed E-state index contributed by atoms with van der Waals surface area (Å²) in [5.74, 6) is -1.35. The number of Topliss-reactive ketones (excluding diaryl/α,β-unsaturated/α-hetero) is 1. The van der Waals surface area contributed by atoms with Gasteiger partial charge in [0.1, 0.15) is 0 Å². The van der Waals surface area contributed by atoms with Gasteiger partial charge < -0.3 is 10.4 Å². The third-order valence-electron chi connectivity index (χ3n) is 5.43. The minimum Gasteiger partial charge on any atom is -0.478 e. The maximum atomic E-state index is 12.7. The van der Waals surface area contributed by atoms with Crippen molar-refractivity contribution in [3.05, 3.63) is 102 Å². The van der Waals surface area contributed by atoms with E-state index in [2.05, 4.69) is 10.3 Å². The second-order valence-corrected chi connectivity index (χ2v) is 9.99. The van der Waals surface area contributed by atoms with Gasteiger partial charge in [0, 0.05) is 11.3 Å². The molecule has 0 saturated carbocycles. The van der Waals surface area contributed by atoms with E-state index in [1.165, 1.54) is 35.2 Å². The number of aromatic carboxylic acids is 1. The second-order valence-electron chi connectivity index (χ2n) is 7.74. The zero-order valence-electron chi connectivity index (χ0n) is 18.2. The number of nitrogens with zero attached hydrogens (tertiary/aromatic N) is 1. The first kappa shape index (κ1) is 22.8. The van der Waals surface area contributed by atoms with Gasteiger partial charge in [-0.2, -0.15) is 0 Å². The Morgan fingerprint density at radius 3 is 2.40 bits per heavy atom. The third kappa shape index (κ3) is 4.94. The Morgan fingerprint density at radius 1 is 0.857 bits per heavy atom. The summed E-state index contributed by atoms with van der Waals surface area (Å²) in [5, 5.41) is 14.2. The van der Waals surface area contributed by atoms with Gasteiger partial charge in [-0.05, 0) is 47.2 Å². The summed E-state index contributed by atoms with van der Waals surface area (Å²) in [6.07, 6.45) is 0. The van der Waals surface area contributed by atoms with Crippen LogP contribution in [-0.2, 0) is 0 Å². The highest BCUT2D eigenvalue weighted by atomic mass is 32.2. The van der Waals surface area contributed by atoms with Crippen molar-refractivity contribution in [3.8, 4) is 0 Å². The van der Waals surface area contributed by atoms with Gasteiger partial charge in [-0.15, -0.1) is 11.3 Å². The number of rotatable bonds is 7. The molecule has 0 spiro atoms. The van der Waals surface area contributed by atoms with Crippen LogP contribution in [0.1, 0.15) is 31.1 Å². The average molecular weight is 499 g/mol. The van der Waals surface area contributed by atoms with E-state index in [-0.39, 0.29) is 22.7 Å². The molecule has 0 aliphatic heterocycles. The topological polar surface area (TPSA) is 96.4 Å². The van der Waals surface area contributed by atoms with E-state index in [1.807, 2.05) is 42.5 Å². The Labute approximate surface area is 208 Å². The van der Waals surface area contributed by atoms with Crippen molar-refractivity contribution in [2.45, 2.75) is 4.34 Å². The highest BCUT2D eigenvalue weighted by molar-refractivity contribution is 8.01. The quantitative estimate of drug-likeness (QED) is 0.200. The summed E-state index contributed by atoms with van der Waals surface area (Å²) in [4.78, 5) is 41.4. The van der Waals surface area contributed by atoms with Gasteiger partial charge in [0.05, 0.1) is 27.1 Å². The van der Waals surface area contributed by atoms with Crippen molar-refractivity contribution in [2.75, 3.05) is 11.1 Å². The molecular weight excluding hydrogens is 480 g/mol. The molecular formula is C27H18N2O4S2. The second kappa shape index (κ2) is 9.69. The number of carboxylic acids is 1. The number of carboxylic acid groups (broad SMARTS) is 1. The molecule has 0 fully saturated rings. The lowest BCUT2D eigenvalue weighted by atomic mass is 10.1. The normalized spacial score (nSPS) is 11.0. The largest absolute Gasteiger partial charge is 0.478 e. The first-order valence-corrected chi connectivity index (χ1v) is 12.5. The molecule has 0 saturated heterocycles. The van der Waals surface area contributed by atoms with E-state index in [0.29, 0.717) is 11.3 Å². The molecule has 8 heteroatoms. The lowest BCUT2D eigenvalue weighted by molar-refractivity contribution is 0.0692. The van der Waals surface area contributed by atoms with Crippen molar-refractivity contribution < 1.29 is 19.5 Å². The molecule has 1 amide bonds. The summed E-state index contributed by atoms with van der Waals surface area (Å²) in [7, 11) is 0. The van der Waals surface area contributed by atoms with Crippen LogP contribution in [0.4, 0.5) is 5.69 Å². The third-order valence-corrected chi connectivity index (χ3v) is 7.59. The molecule has 0 unspecified atom stereocenters. The number of thiazole rings is 1. The van der Waals surface area contributed by atoms with Crippen molar-refractivity contribution in [3.63, 3.8) is 0 Å². The maximum absolute atomic E-state index is 12.7. The van der Waals surface area contributed by atoms with Crippen LogP contribution in [-0.4, -0.2) is 33.5 Å². The first-order valence-electron chi connectivity index (χ1n) is 10.7. The number of ketones is 1. The van der Waals surface area contributed by atoms with E-state index in [4.69, 9.17) is 0 Å². The van der Waals surface area contributed by atoms with Crippen LogP contribution in [0.2, 0.25) is 0 Å². The highest BCUT2D eigenvalue weighted by Crippen LogP contribution is 2.32. The van der Waals surface area contributed by atoms with E-state index >= 15 is 0 Å². The predicted octanol–water partition coefficient (Wildman–Crippen LogP) is 6.38. The summed E-state index contributed by atoms with van der Waals surface area (Å²) in [6.45, 7) is 0. The predicted molar refractivity (Wildman–Crippen MR) is 140 cm³/mol. The molecule has 0 aliphatic carbocycles. The van der Waals surface area contributed by atoms with Gasteiger partial charge in [0.25, 0.3) is 5.91 Å². The maximum Gasteiger partial charge on any atom is 0.336 e. The van der Waals surface area contributed by atoms with Crippen molar-refractivity contribution in [1.29, 1.82) is 0 Å². The van der Waals surface area contributed by atoms with E-state index < -0.39 is 11.9 Å². The smallest absolute Gasteiger partial charge is 0.336 e. The summed E-state index contributed by atoms with van der Waals surface area (Å²) in [5.41, 5.74) is 2.00. The molecule has 35 heavy (non-hydrogen) atoms. The molecule has 5 rings (SSSR count). The minimum absolute atomic E-state index is 0.0325. The number of nitrogens with one attached hydrogen (secondary N) is 1. The van der Waals surface area contributed by atoms with Crippen LogP contribution < -0.4 is 5.32 Å². The summed E-state index contributed by atoms with van der Waals surface area (Å²) in [6, 6.07) is 25.0. The van der Waals surface area contributed by atoms with Crippen LogP contribution in [0.3, 0.4) is 0 Å². The molecule has 0 bridgehead atoms. The van der Waals surface area contributed by atoms with Crippen molar-refractivity contribution in [2.24, 2.45) is 0 Å². The Bertz CT molecular complexity index is 1610. The highest BCUT2D eigenvalue weighted by Gasteiger charge is 2.16. The van der Waals surface area contributed by atoms with Gasteiger partial charge in [-0.1, -0.05) is 60.3 Å². The summed E-state index contributed by atoms with van der Waals surface area (Å²) >= 11 is 2.82. The number of hydrogen-bond donors (Lipinski definition) is 2. The number of benzene rings is 4. The summed E-state index contributed by atoms with van der Waals surface area (Å²) < 4.78 is 1.61. The SMILES string of the molecule is O=C(CSc1nc2ccc(NC(=O)c3ccccc3C(=O)O)cc2s1)c1ccc2ccccc2c1. The van der Waals surface area contributed by atoms with E-state index in [1.54, 1.807) is 30.3 Å². The lowest BCUT2D eigenvalue weighted by Gasteiger charge is -2.07. The van der Waals surface area contributed by atoms with E-state index in [0.717, 1.165) is 25.3 Å². The number of amides is 1. The van der Waals surface area contributed by atoms with Gasteiger partial charge >= 0.3 is 5.97 Å². The molecule has 1 heterocycles. The zero-order valence-corrected chi connectivity index (χ0v) is 19.9. The molecule has 2 N–H and O–H groups in total. The molecule has 0 radical (unpaired) electrons. The Hall–Kier alpha value is -4.01. The van der Waals surface area contributed by atoms with Gasteiger partial charge in [0.15, 0.2) is 10.1 Å². The average Bonchev–Trinajstić information content (AvgIpc) is 3.29. The Balaban J connectivity index is 1.28. The number of carbonyl (C=O) groups excluding carboxylic acids is 2. The lowest BCUT2D eigenvalue weighted by Crippen LogP contribution is -2.16. The number of hydrogen-bond acceptors (Lipinski definition) is 6. The molecule has 172 valence electrons. The minimum atomic E-state index is -1.16. The fraction of sp³-hybridized carbons (Fsp3) is 0.0370. The molecule has 5 aromatic rings. The number of fused-ring (bicyclic) bond motifs is 2. The van der Waals surface area contributed by atoms with Crippen LogP contribution >= 0.6 is 23.1 Å². The van der Waals surface area contributed by atoms with Crippen LogP contribution in [0.15, 0.2) is 89.3 Å². The first-order chi connectivity index (χ1) is 17.0. The Morgan fingerprint density at radius 2 is 1.60 bits per heavy atom. The fourth-order valence-electron chi connectivity index (χ4n) is 3.68. The van der Waals surface area contributed by atoms with Gasteiger partial charge in [-0.3, -0.25) is 9.59 Å². The van der Waals surface area contributed by atoms with Gasteiger partial charge in [-0.25, -0.2) is 9.78 Å². The number of anilines is 1. The van der Waals surface area contributed by atoms with Crippen LogP contribution in [0, 0.1) is 0 Å². The Kier molecular flexibility index (Phi) is 6.31. The number of aromatic nitrogens is 1. The van der Waals surface area contributed by atoms with Crippen LogP contribution in [0.25, 0.3) is 21.0 Å². The van der Waals surface area contributed by atoms with Crippen molar-refractivity contribution in [1.82, 2.24) is 4.98 Å². The zero-order chi connectivity index (χ0) is 24.4. The number of thioether (sulfide) groups is 1. The van der Waals surface area contributed by atoms with Crippen molar-refractivity contribution >= 4 is 67.4 Å². The molecule has 0 atom stereocenters. The molecule has 6 nitrogen and oxygen atoms in total. The standard InChI is InChI=1S/C27H18N2O4S2/c30-23(18-10-9-16-5-1-2-6-17(16)13-18)15-34-27-29-22-12-11-19(14-24(22)35-27)28-25(31)20-7-3-4-8-21(20)26(32)33/h1-14H,15H2,(H,28,31)(H,32,33). The fourth-order valence-corrected chi connectivity index (χ4v) is 5.68. The van der Waals surface area contributed by atoms with Crippen LogP contribution in [0.5, 0.6) is 0 Å².